The number of hydrogen-bond donors (Lipinski definition) is 2. The number of benzene rings is 1. The van der Waals surface area contributed by atoms with Gasteiger partial charge in [-0.15, -0.1) is 24.0 Å². The van der Waals surface area contributed by atoms with Gasteiger partial charge >= 0.3 is 0 Å². The highest BCUT2D eigenvalue weighted by Crippen LogP contribution is 2.14. The molecule has 0 spiro atoms. The fraction of sp³-hybridized carbons (Fsp3) is 0.682. The van der Waals surface area contributed by atoms with Gasteiger partial charge in [0.15, 0.2) is 5.96 Å². The van der Waals surface area contributed by atoms with E-state index in [0.717, 1.165) is 49.9 Å². The Morgan fingerprint density at radius 1 is 1.17 bits per heavy atom. The summed E-state index contributed by atoms with van der Waals surface area (Å²) in [7, 11) is 4.09. The Morgan fingerprint density at radius 3 is 2.55 bits per heavy atom. The molecular formula is C22H41IN4O2. The average molecular weight is 521 g/mol. The van der Waals surface area contributed by atoms with Crippen LogP contribution >= 0.6 is 24.0 Å². The molecule has 0 heterocycles. The molecule has 0 bridgehead atoms. The molecule has 0 aromatic heterocycles. The molecule has 0 radical (unpaired) electrons. The van der Waals surface area contributed by atoms with Gasteiger partial charge in [-0.2, -0.15) is 0 Å². The van der Waals surface area contributed by atoms with Crippen LogP contribution in [0.4, 0.5) is 0 Å². The minimum atomic E-state index is 0. The van der Waals surface area contributed by atoms with Gasteiger partial charge < -0.3 is 25.0 Å². The molecule has 0 aliphatic carbocycles. The van der Waals surface area contributed by atoms with Crippen LogP contribution in [0.15, 0.2) is 29.3 Å². The van der Waals surface area contributed by atoms with Gasteiger partial charge in [0.2, 0.25) is 0 Å². The Bertz CT molecular complexity index is 567. The lowest BCUT2D eigenvalue weighted by atomic mass is 10.0. The minimum Gasteiger partial charge on any atom is -0.492 e. The van der Waals surface area contributed by atoms with Crippen LogP contribution < -0.4 is 15.4 Å². The number of nitrogens with zero attached hydrogens (tertiary/aromatic N) is 2. The van der Waals surface area contributed by atoms with Gasteiger partial charge in [-0.05, 0) is 58.0 Å². The van der Waals surface area contributed by atoms with E-state index in [1.165, 1.54) is 0 Å². The molecule has 0 amide bonds. The van der Waals surface area contributed by atoms with Crippen LogP contribution in [0.2, 0.25) is 0 Å². The number of halogens is 1. The van der Waals surface area contributed by atoms with Crippen molar-refractivity contribution in [2.24, 2.45) is 10.9 Å². The summed E-state index contributed by atoms with van der Waals surface area (Å²) in [4.78, 5) is 6.82. The smallest absolute Gasteiger partial charge is 0.191 e. The molecule has 0 saturated carbocycles. The van der Waals surface area contributed by atoms with Crippen molar-refractivity contribution >= 4 is 29.9 Å². The third-order valence-electron chi connectivity index (χ3n) is 4.32. The summed E-state index contributed by atoms with van der Waals surface area (Å²) in [6, 6.07) is 8.15. The predicted octanol–water partition coefficient (Wildman–Crippen LogP) is 3.75. The van der Waals surface area contributed by atoms with E-state index in [0.29, 0.717) is 19.1 Å². The van der Waals surface area contributed by atoms with Gasteiger partial charge in [0, 0.05) is 26.2 Å². The van der Waals surface area contributed by atoms with Crippen LogP contribution in [0.5, 0.6) is 5.75 Å². The number of rotatable bonds is 13. The summed E-state index contributed by atoms with van der Waals surface area (Å²) in [5.74, 6) is 2.24. The SMILES string of the molecule is CCNC(=NCc1cccc(OCCN(C)C)c1)NCCC(OCC)C(C)C.I. The number of ether oxygens (including phenoxy) is 2. The van der Waals surface area contributed by atoms with Gasteiger partial charge in [0.25, 0.3) is 0 Å². The van der Waals surface area contributed by atoms with Crippen LogP contribution in [0, 0.1) is 5.92 Å². The van der Waals surface area contributed by atoms with Crippen LogP contribution in [0.25, 0.3) is 0 Å². The average Bonchev–Trinajstić information content (AvgIpc) is 2.65. The zero-order valence-corrected chi connectivity index (χ0v) is 21.4. The number of aliphatic imine (C=N–C) groups is 1. The Morgan fingerprint density at radius 2 is 1.93 bits per heavy atom. The van der Waals surface area contributed by atoms with E-state index in [9.17, 15) is 0 Å². The Labute approximate surface area is 194 Å². The molecule has 1 unspecified atom stereocenters. The van der Waals surface area contributed by atoms with Crippen LogP contribution in [-0.4, -0.2) is 63.9 Å². The van der Waals surface area contributed by atoms with Gasteiger partial charge in [-0.25, -0.2) is 4.99 Å². The topological polar surface area (TPSA) is 58.1 Å². The monoisotopic (exact) mass is 520 g/mol. The number of hydrogen-bond acceptors (Lipinski definition) is 4. The second kappa shape index (κ2) is 16.7. The highest BCUT2D eigenvalue weighted by atomic mass is 127. The second-order valence-electron chi connectivity index (χ2n) is 7.45. The quantitative estimate of drug-likeness (QED) is 0.236. The van der Waals surface area contributed by atoms with Gasteiger partial charge in [-0.3, -0.25) is 0 Å². The van der Waals surface area contributed by atoms with Crippen molar-refractivity contribution in [3.8, 4) is 5.75 Å². The third-order valence-corrected chi connectivity index (χ3v) is 4.32. The van der Waals surface area contributed by atoms with Crippen LogP contribution in [-0.2, 0) is 11.3 Å². The normalized spacial score (nSPS) is 12.6. The van der Waals surface area contributed by atoms with E-state index < -0.39 is 0 Å². The first kappa shape index (κ1) is 27.9. The van der Waals surface area contributed by atoms with Crippen LogP contribution in [0.3, 0.4) is 0 Å². The minimum absolute atomic E-state index is 0. The molecule has 2 N–H and O–H groups in total. The Balaban J connectivity index is 0.00000784. The first-order chi connectivity index (χ1) is 13.5. The summed E-state index contributed by atoms with van der Waals surface area (Å²) in [6.07, 6.45) is 1.24. The molecule has 1 aromatic carbocycles. The van der Waals surface area contributed by atoms with E-state index >= 15 is 0 Å². The third kappa shape index (κ3) is 13.0. The van der Waals surface area contributed by atoms with Crippen LogP contribution in [0.1, 0.15) is 39.7 Å². The second-order valence-corrected chi connectivity index (χ2v) is 7.45. The van der Waals surface area contributed by atoms with E-state index in [1.54, 1.807) is 0 Å². The van der Waals surface area contributed by atoms with E-state index in [-0.39, 0.29) is 30.1 Å². The van der Waals surface area contributed by atoms with Crippen molar-refractivity contribution in [1.29, 1.82) is 0 Å². The molecule has 0 fully saturated rings. The summed E-state index contributed by atoms with van der Waals surface area (Å²) in [6.45, 7) is 13.1. The van der Waals surface area contributed by atoms with Gasteiger partial charge in [0.1, 0.15) is 12.4 Å². The fourth-order valence-corrected chi connectivity index (χ4v) is 2.75. The van der Waals surface area contributed by atoms with Gasteiger partial charge in [-0.1, -0.05) is 26.0 Å². The molecule has 6 nitrogen and oxygen atoms in total. The maximum atomic E-state index is 5.82. The maximum absolute atomic E-state index is 5.82. The zero-order chi connectivity index (χ0) is 20.8. The lowest BCUT2D eigenvalue weighted by Crippen LogP contribution is -2.39. The Kier molecular flexibility index (Phi) is 16.1. The molecule has 7 heteroatoms. The predicted molar refractivity (Wildman–Crippen MR) is 134 cm³/mol. The standard InChI is InChI=1S/C22H40N4O2.HI/c1-7-23-22(24-13-12-21(18(3)4)27-8-2)25-17-19-10-9-11-20(16-19)28-15-14-26(5)6;/h9-11,16,18,21H,7-8,12-15,17H2,1-6H3,(H2,23,24,25);1H. The summed E-state index contributed by atoms with van der Waals surface area (Å²) in [5, 5.41) is 6.73. The Hall–Kier alpha value is -1.06. The van der Waals surface area contributed by atoms with Crippen molar-refractivity contribution in [2.45, 2.75) is 46.8 Å². The van der Waals surface area contributed by atoms with E-state index in [2.05, 4.69) is 48.4 Å². The molecule has 0 aliphatic heterocycles. The van der Waals surface area contributed by atoms with Crippen molar-refractivity contribution in [1.82, 2.24) is 15.5 Å². The highest BCUT2D eigenvalue weighted by Gasteiger charge is 2.13. The van der Waals surface area contributed by atoms with E-state index in [1.807, 2.05) is 33.2 Å². The van der Waals surface area contributed by atoms with Gasteiger partial charge in [0.05, 0.1) is 12.6 Å². The van der Waals surface area contributed by atoms with Crippen molar-refractivity contribution in [3.05, 3.63) is 29.8 Å². The molecule has 1 rings (SSSR count). The van der Waals surface area contributed by atoms with Crippen molar-refractivity contribution in [3.63, 3.8) is 0 Å². The molecule has 168 valence electrons. The molecule has 29 heavy (non-hydrogen) atoms. The highest BCUT2D eigenvalue weighted by molar-refractivity contribution is 14.0. The molecular weight excluding hydrogens is 479 g/mol. The summed E-state index contributed by atoms with van der Waals surface area (Å²) < 4.78 is 11.6. The zero-order valence-electron chi connectivity index (χ0n) is 19.0. The first-order valence-electron chi connectivity index (χ1n) is 10.5. The molecule has 1 atom stereocenters. The summed E-state index contributed by atoms with van der Waals surface area (Å²) >= 11 is 0. The molecule has 0 aliphatic rings. The number of guanidine groups is 1. The summed E-state index contributed by atoms with van der Waals surface area (Å²) in [5.41, 5.74) is 1.13. The fourth-order valence-electron chi connectivity index (χ4n) is 2.75. The van der Waals surface area contributed by atoms with E-state index in [4.69, 9.17) is 14.5 Å². The lowest BCUT2D eigenvalue weighted by molar-refractivity contribution is 0.0258. The lowest BCUT2D eigenvalue weighted by Gasteiger charge is -2.21. The van der Waals surface area contributed by atoms with Crippen molar-refractivity contribution < 1.29 is 9.47 Å². The van der Waals surface area contributed by atoms with Crippen molar-refractivity contribution in [2.75, 3.05) is 46.9 Å². The first-order valence-corrected chi connectivity index (χ1v) is 10.5. The largest absolute Gasteiger partial charge is 0.492 e. The molecule has 1 aromatic rings. The molecule has 0 saturated heterocycles. The number of nitrogens with one attached hydrogen (secondary N) is 2. The number of likely N-dealkylation sites (N-methyl/N-ethyl adjacent to an activating group) is 1. The maximum Gasteiger partial charge on any atom is 0.191 e.